The molecule has 0 fully saturated rings. The first-order valence-corrected chi connectivity index (χ1v) is 7.59. The largest absolute Gasteiger partial charge is 0.366 e. The molecule has 19 heavy (non-hydrogen) atoms. The van der Waals surface area contributed by atoms with Crippen LogP contribution in [0.2, 0.25) is 0 Å². The van der Waals surface area contributed by atoms with E-state index >= 15 is 0 Å². The molecule has 1 aromatic rings. The maximum Gasteiger partial charge on any atom is 0.248 e. The van der Waals surface area contributed by atoms with Gasteiger partial charge < -0.3 is 5.73 Å². The molecule has 2 N–H and O–H groups in total. The Morgan fingerprint density at radius 3 is 2.42 bits per heavy atom. The van der Waals surface area contributed by atoms with Crippen molar-refractivity contribution in [3.63, 3.8) is 0 Å². The van der Waals surface area contributed by atoms with Crippen molar-refractivity contribution in [2.24, 2.45) is 5.73 Å². The van der Waals surface area contributed by atoms with Crippen molar-refractivity contribution in [1.29, 1.82) is 0 Å². The Kier molecular flexibility index (Phi) is 7.24. The quantitative estimate of drug-likeness (QED) is 0.646. The van der Waals surface area contributed by atoms with Crippen LogP contribution in [0.1, 0.15) is 80.6 Å². The minimum atomic E-state index is -0.301. The van der Waals surface area contributed by atoms with Crippen LogP contribution in [0.25, 0.3) is 0 Å². The second kappa shape index (κ2) is 8.73. The number of rotatable bonds is 9. The summed E-state index contributed by atoms with van der Waals surface area (Å²) >= 11 is 0. The van der Waals surface area contributed by atoms with E-state index in [0.717, 1.165) is 24.8 Å². The first kappa shape index (κ1) is 15.7. The van der Waals surface area contributed by atoms with E-state index < -0.39 is 0 Å². The Bertz CT molecular complexity index is 387. The summed E-state index contributed by atoms with van der Waals surface area (Å²) in [6.07, 6.45) is 8.54. The summed E-state index contributed by atoms with van der Waals surface area (Å²) in [7, 11) is 0. The number of unbranched alkanes of at least 4 members (excludes halogenated alkanes) is 3. The van der Waals surface area contributed by atoms with E-state index in [9.17, 15) is 4.79 Å². The third-order valence-electron chi connectivity index (χ3n) is 3.71. The summed E-state index contributed by atoms with van der Waals surface area (Å²) in [4.78, 5) is 11.5. The Morgan fingerprint density at radius 2 is 1.79 bits per heavy atom. The molecule has 1 rings (SSSR count). The van der Waals surface area contributed by atoms with Gasteiger partial charge in [0.15, 0.2) is 0 Å². The lowest BCUT2D eigenvalue weighted by molar-refractivity contribution is 0.0998. The molecule has 1 atom stereocenters. The molecule has 106 valence electrons. The number of amides is 1. The number of hydrogen-bond acceptors (Lipinski definition) is 1. The molecule has 0 aliphatic heterocycles. The number of benzene rings is 1. The van der Waals surface area contributed by atoms with Crippen molar-refractivity contribution in [3.8, 4) is 0 Å². The third-order valence-corrected chi connectivity index (χ3v) is 3.71. The van der Waals surface area contributed by atoms with E-state index in [0.29, 0.717) is 11.5 Å². The minimum Gasteiger partial charge on any atom is -0.366 e. The zero-order valence-corrected chi connectivity index (χ0v) is 12.3. The standard InChI is InChI=1S/C17H27NO/c1-3-5-6-7-11-14(10-4-2)15-12-8-9-13-16(15)17(18)19/h8-9,12-14H,3-7,10-11H2,1-2H3,(H2,18,19). The zero-order valence-electron chi connectivity index (χ0n) is 12.3. The van der Waals surface area contributed by atoms with E-state index in [-0.39, 0.29) is 5.91 Å². The molecular weight excluding hydrogens is 234 g/mol. The molecular formula is C17H27NO. The molecule has 0 spiro atoms. The molecule has 2 heteroatoms. The number of carbonyl (C=O) groups is 1. The highest BCUT2D eigenvalue weighted by Crippen LogP contribution is 2.29. The number of carbonyl (C=O) groups excluding carboxylic acids is 1. The van der Waals surface area contributed by atoms with Gasteiger partial charge in [-0.25, -0.2) is 0 Å². The molecule has 2 nitrogen and oxygen atoms in total. The van der Waals surface area contributed by atoms with Crippen LogP contribution in [0.5, 0.6) is 0 Å². The molecule has 0 aromatic heterocycles. The van der Waals surface area contributed by atoms with Crippen LogP contribution < -0.4 is 5.73 Å². The van der Waals surface area contributed by atoms with Crippen LogP contribution >= 0.6 is 0 Å². The average Bonchev–Trinajstić information content (AvgIpc) is 2.42. The zero-order chi connectivity index (χ0) is 14.1. The fourth-order valence-electron chi connectivity index (χ4n) is 2.70. The van der Waals surface area contributed by atoms with Crippen LogP contribution in [0.15, 0.2) is 24.3 Å². The molecule has 0 saturated carbocycles. The molecule has 1 amide bonds. The van der Waals surface area contributed by atoms with E-state index in [1.807, 2.05) is 18.2 Å². The fraction of sp³-hybridized carbons (Fsp3) is 0.588. The second-order valence-electron chi connectivity index (χ2n) is 5.29. The van der Waals surface area contributed by atoms with Gasteiger partial charge in [-0.05, 0) is 30.4 Å². The summed E-state index contributed by atoms with van der Waals surface area (Å²) < 4.78 is 0. The summed E-state index contributed by atoms with van der Waals surface area (Å²) in [6.45, 7) is 4.43. The molecule has 0 bridgehead atoms. The molecule has 0 heterocycles. The molecule has 1 aromatic carbocycles. The lowest BCUT2D eigenvalue weighted by atomic mass is 9.86. The van der Waals surface area contributed by atoms with Gasteiger partial charge in [-0.1, -0.05) is 64.2 Å². The number of hydrogen-bond donors (Lipinski definition) is 1. The monoisotopic (exact) mass is 261 g/mol. The third kappa shape index (κ3) is 5.06. The Labute approximate surface area is 117 Å². The van der Waals surface area contributed by atoms with Crippen LogP contribution in [-0.2, 0) is 0 Å². The van der Waals surface area contributed by atoms with Gasteiger partial charge in [0.25, 0.3) is 0 Å². The van der Waals surface area contributed by atoms with Crippen molar-refractivity contribution in [2.75, 3.05) is 0 Å². The predicted molar refractivity (Wildman–Crippen MR) is 81.4 cm³/mol. The normalized spacial score (nSPS) is 12.3. The van der Waals surface area contributed by atoms with Gasteiger partial charge in [-0.2, -0.15) is 0 Å². The van der Waals surface area contributed by atoms with Gasteiger partial charge in [0, 0.05) is 5.56 Å². The lowest BCUT2D eigenvalue weighted by Crippen LogP contribution is -2.15. The predicted octanol–water partition coefficient (Wildman–Crippen LogP) is 4.64. The van der Waals surface area contributed by atoms with Gasteiger partial charge in [-0.3, -0.25) is 4.79 Å². The summed E-state index contributed by atoms with van der Waals surface area (Å²) in [5.41, 5.74) is 7.34. The number of primary amides is 1. The Balaban J connectivity index is 2.77. The highest BCUT2D eigenvalue weighted by atomic mass is 16.1. The van der Waals surface area contributed by atoms with Crippen LogP contribution in [-0.4, -0.2) is 5.91 Å². The summed E-state index contributed by atoms with van der Waals surface area (Å²) in [5, 5.41) is 0. The molecule has 1 unspecified atom stereocenters. The average molecular weight is 261 g/mol. The maximum absolute atomic E-state index is 11.5. The lowest BCUT2D eigenvalue weighted by Gasteiger charge is -2.19. The van der Waals surface area contributed by atoms with E-state index in [1.54, 1.807) is 0 Å². The molecule has 0 saturated heterocycles. The molecule has 0 aliphatic carbocycles. The van der Waals surface area contributed by atoms with Gasteiger partial charge in [0.1, 0.15) is 0 Å². The van der Waals surface area contributed by atoms with Crippen LogP contribution in [0.3, 0.4) is 0 Å². The highest BCUT2D eigenvalue weighted by molar-refractivity contribution is 5.94. The van der Waals surface area contributed by atoms with E-state index in [4.69, 9.17) is 5.73 Å². The van der Waals surface area contributed by atoms with Gasteiger partial charge >= 0.3 is 0 Å². The topological polar surface area (TPSA) is 43.1 Å². The van der Waals surface area contributed by atoms with Crippen LogP contribution in [0.4, 0.5) is 0 Å². The van der Waals surface area contributed by atoms with E-state index in [2.05, 4.69) is 19.9 Å². The first-order valence-electron chi connectivity index (χ1n) is 7.59. The van der Waals surface area contributed by atoms with Crippen molar-refractivity contribution in [3.05, 3.63) is 35.4 Å². The molecule has 0 radical (unpaired) electrons. The smallest absolute Gasteiger partial charge is 0.248 e. The SMILES string of the molecule is CCCCCCC(CCC)c1ccccc1C(N)=O. The fourth-order valence-corrected chi connectivity index (χ4v) is 2.70. The Hall–Kier alpha value is -1.31. The molecule has 0 aliphatic rings. The van der Waals surface area contributed by atoms with Crippen molar-refractivity contribution >= 4 is 5.91 Å². The van der Waals surface area contributed by atoms with E-state index in [1.165, 1.54) is 25.7 Å². The van der Waals surface area contributed by atoms with Gasteiger partial charge in [0.2, 0.25) is 5.91 Å². The van der Waals surface area contributed by atoms with Crippen LogP contribution in [0, 0.1) is 0 Å². The maximum atomic E-state index is 11.5. The van der Waals surface area contributed by atoms with Gasteiger partial charge in [0.05, 0.1) is 0 Å². The minimum absolute atomic E-state index is 0.301. The van der Waals surface area contributed by atoms with Crippen molar-refractivity contribution in [1.82, 2.24) is 0 Å². The Morgan fingerprint density at radius 1 is 1.05 bits per heavy atom. The second-order valence-corrected chi connectivity index (χ2v) is 5.29. The summed E-state index contributed by atoms with van der Waals surface area (Å²) in [6, 6.07) is 7.83. The number of nitrogens with two attached hydrogens (primary N) is 1. The van der Waals surface area contributed by atoms with Crippen molar-refractivity contribution < 1.29 is 4.79 Å². The highest BCUT2D eigenvalue weighted by Gasteiger charge is 2.16. The van der Waals surface area contributed by atoms with Crippen molar-refractivity contribution in [2.45, 2.75) is 64.7 Å². The van der Waals surface area contributed by atoms with Gasteiger partial charge in [-0.15, -0.1) is 0 Å². The first-order chi connectivity index (χ1) is 9.20. The summed E-state index contributed by atoms with van der Waals surface area (Å²) in [5.74, 6) is 0.177.